The number of nitrogens with one attached hydrogen (secondary N) is 1. The van der Waals surface area contributed by atoms with E-state index >= 15 is 0 Å². The third-order valence-electron chi connectivity index (χ3n) is 2.60. The number of nitrogens with zero attached hydrogens (tertiary/aromatic N) is 1. The standard InChI is InChI=1S/C15H12N2O/c1-2-7-13(8-3-1)17-16-11-14-10-12-6-4-5-9-15(12)18-14/h1-11,17H. The van der Waals surface area contributed by atoms with Crippen LogP contribution in [-0.2, 0) is 0 Å². The summed E-state index contributed by atoms with van der Waals surface area (Å²) in [6, 6.07) is 19.7. The van der Waals surface area contributed by atoms with Gasteiger partial charge in [-0.3, -0.25) is 5.43 Å². The molecule has 88 valence electrons. The number of anilines is 1. The lowest BCUT2D eigenvalue weighted by Crippen LogP contribution is -1.88. The molecule has 3 heteroatoms. The van der Waals surface area contributed by atoms with E-state index in [1.807, 2.05) is 60.7 Å². The molecule has 0 saturated carbocycles. The number of hydrogen-bond acceptors (Lipinski definition) is 3. The zero-order valence-electron chi connectivity index (χ0n) is 9.71. The molecule has 0 atom stereocenters. The van der Waals surface area contributed by atoms with E-state index in [2.05, 4.69) is 10.5 Å². The van der Waals surface area contributed by atoms with E-state index in [1.165, 1.54) is 0 Å². The number of rotatable bonds is 3. The topological polar surface area (TPSA) is 37.5 Å². The normalized spacial score (nSPS) is 11.1. The molecule has 0 amide bonds. The number of hydrogen-bond donors (Lipinski definition) is 1. The lowest BCUT2D eigenvalue weighted by molar-refractivity contribution is 0.608. The monoisotopic (exact) mass is 236 g/mol. The molecule has 0 bridgehead atoms. The first kappa shape index (κ1) is 10.6. The summed E-state index contributed by atoms with van der Waals surface area (Å²) >= 11 is 0. The molecule has 1 N–H and O–H groups in total. The van der Waals surface area contributed by atoms with Gasteiger partial charge in [-0.15, -0.1) is 0 Å². The molecule has 0 saturated heterocycles. The number of benzene rings is 2. The van der Waals surface area contributed by atoms with Crippen molar-refractivity contribution >= 4 is 22.9 Å². The quantitative estimate of drug-likeness (QED) is 0.553. The third kappa shape index (κ3) is 2.25. The van der Waals surface area contributed by atoms with Crippen molar-refractivity contribution < 1.29 is 4.42 Å². The third-order valence-corrected chi connectivity index (χ3v) is 2.60. The van der Waals surface area contributed by atoms with Crippen LogP contribution in [0, 0.1) is 0 Å². The molecule has 0 aliphatic rings. The van der Waals surface area contributed by atoms with Gasteiger partial charge in [0, 0.05) is 5.39 Å². The average Bonchev–Trinajstić information content (AvgIpc) is 2.82. The van der Waals surface area contributed by atoms with E-state index in [0.717, 1.165) is 22.4 Å². The van der Waals surface area contributed by atoms with Gasteiger partial charge in [-0.1, -0.05) is 36.4 Å². The van der Waals surface area contributed by atoms with Gasteiger partial charge in [-0.2, -0.15) is 5.10 Å². The Hall–Kier alpha value is -2.55. The molecular weight excluding hydrogens is 224 g/mol. The summed E-state index contributed by atoms with van der Waals surface area (Å²) in [5.74, 6) is 0.736. The molecule has 1 aromatic heterocycles. The Morgan fingerprint density at radius 3 is 2.56 bits per heavy atom. The Morgan fingerprint density at radius 2 is 1.72 bits per heavy atom. The van der Waals surface area contributed by atoms with Crippen molar-refractivity contribution in [2.75, 3.05) is 5.43 Å². The summed E-state index contributed by atoms with van der Waals surface area (Å²) < 4.78 is 5.62. The molecule has 0 radical (unpaired) electrons. The highest BCUT2D eigenvalue weighted by atomic mass is 16.3. The number of fused-ring (bicyclic) bond motifs is 1. The minimum Gasteiger partial charge on any atom is -0.455 e. The zero-order valence-corrected chi connectivity index (χ0v) is 9.71. The fourth-order valence-electron chi connectivity index (χ4n) is 1.75. The Morgan fingerprint density at radius 1 is 0.944 bits per heavy atom. The van der Waals surface area contributed by atoms with Crippen LogP contribution in [0.1, 0.15) is 5.76 Å². The minimum absolute atomic E-state index is 0.736. The Labute approximate surface area is 105 Å². The lowest BCUT2D eigenvalue weighted by atomic mass is 10.2. The van der Waals surface area contributed by atoms with E-state index in [9.17, 15) is 0 Å². The summed E-state index contributed by atoms with van der Waals surface area (Å²) in [5.41, 5.74) is 4.77. The Bertz CT molecular complexity index is 638. The summed E-state index contributed by atoms with van der Waals surface area (Å²) in [7, 11) is 0. The van der Waals surface area contributed by atoms with E-state index in [0.29, 0.717) is 0 Å². The van der Waals surface area contributed by atoms with Crippen LogP contribution < -0.4 is 5.43 Å². The second-order valence-electron chi connectivity index (χ2n) is 3.92. The van der Waals surface area contributed by atoms with Crippen molar-refractivity contribution in [2.24, 2.45) is 5.10 Å². The van der Waals surface area contributed by atoms with Crippen molar-refractivity contribution in [2.45, 2.75) is 0 Å². The first-order valence-electron chi connectivity index (χ1n) is 5.74. The predicted octanol–water partition coefficient (Wildman–Crippen LogP) is 3.88. The van der Waals surface area contributed by atoms with Crippen LogP contribution in [0.5, 0.6) is 0 Å². The maximum Gasteiger partial charge on any atom is 0.148 e. The highest BCUT2D eigenvalue weighted by Crippen LogP contribution is 2.17. The Kier molecular flexibility index (Phi) is 2.80. The summed E-state index contributed by atoms with van der Waals surface area (Å²) in [6.45, 7) is 0. The largest absolute Gasteiger partial charge is 0.455 e. The fraction of sp³-hybridized carbons (Fsp3) is 0. The van der Waals surface area contributed by atoms with E-state index in [4.69, 9.17) is 4.42 Å². The molecule has 0 aliphatic heterocycles. The van der Waals surface area contributed by atoms with Crippen molar-refractivity contribution in [3.05, 3.63) is 66.4 Å². The van der Waals surface area contributed by atoms with Gasteiger partial charge < -0.3 is 4.42 Å². The molecule has 3 nitrogen and oxygen atoms in total. The smallest absolute Gasteiger partial charge is 0.148 e. The second kappa shape index (κ2) is 4.75. The highest BCUT2D eigenvalue weighted by Gasteiger charge is 1.99. The fourth-order valence-corrected chi connectivity index (χ4v) is 1.75. The first-order valence-corrected chi connectivity index (χ1v) is 5.74. The van der Waals surface area contributed by atoms with Gasteiger partial charge in [-0.05, 0) is 24.3 Å². The molecule has 18 heavy (non-hydrogen) atoms. The van der Waals surface area contributed by atoms with Crippen LogP contribution >= 0.6 is 0 Å². The summed E-state index contributed by atoms with van der Waals surface area (Å²) in [4.78, 5) is 0. The summed E-state index contributed by atoms with van der Waals surface area (Å²) in [5, 5.41) is 5.22. The van der Waals surface area contributed by atoms with Crippen molar-refractivity contribution in [3.63, 3.8) is 0 Å². The number of furan rings is 1. The van der Waals surface area contributed by atoms with Gasteiger partial charge in [0.05, 0.1) is 11.9 Å². The molecule has 0 unspecified atom stereocenters. The van der Waals surface area contributed by atoms with Crippen LogP contribution in [0.2, 0.25) is 0 Å². The molecule has 3 aromatic rings. The highest BCUT2D eigenvalue weighted by molar-refractivity contribution is 5.87. The van der Waals surface area contributed by atoms with Gasteiger partial charge in [0.15, 0.2) is 0 Å². The molecule has 3 rings (SSSR count). The van der Waals surface area contributed by atoms with Crippen LogP contribution in [0.25, 0.3) is 11.0 Å². The second-order valence-corrected chi connectivity index (χ2v) is 3.92. The van der Waals surface area contributed by atoms with E-state index in [1.54, 1.807) is 6.21 Å². The van der Waals surface area contributed by atoms with Crippen molar-refractivity contribution in [1.82, 2.24) is 0 Å². The van der Waals surface area contributed by atoms with Gasteiger partial charge in [0.2, 0.25) is 0 Å². The predicted molar refractivity (Wildman–Crippen MR) is 73.9 cm³/mol. The van der Waals surface area contributed by atoms with Gasteiger partial charge >= 0.3 is 0 Å². The minimum atomic E-state index is 0.736. The van der Waals surface area contributed by atoms with Gasteiger partial charge in [0.25, 0.3) is 0 Å². The molecule has 0 fully saturated rings. The van der Waals surface area contributed by atoms with Crippen LogP contribution in [-0.4, -0.2) is 6.21 Å². The van der Waals surface area contributed by atoms with Gasteiger partial charge in [0.1, 0.15) is 11.3 Å². The maximum absolute atomic E-state index is 5.62. The molecule has 0 spiro atoms. The lowest BCUT2D eigenvalue weighted by Gasteiger charge is -1.96. The van der Waals surface area contributed by atoms with Crippen LogP contribution in [0.15, 0.2) is 70.2 Å². The van der Waals surface area contributed by atoms with Crippen LogP contribution in [0.4, 0.5) is 5.69 Å². The van der Waals surface area contributed by atoms with Crippen molar-refractivity contribution in [1.29, 1.82) is 0 Å². The SMILES string of the molecule is C(=NNc1ccccc1)c1cc2ccccc2o1. The molecule has 0 aliphatic carbocycles. The maximum atomic E-state index is 5.62. The van der Waals surface area contributed by atoms with E-state index in [-0.39, 0.29) is 0 Å². The number of hydrazone groups is 1. The average molecular weight is 236 g/mol. The van der Waals surface area contributed by atoms with Crippen LogP contribution in [0.3, 0.4) is 0 Å². The summed E-state index contributed by atoms with van der Waals surface area (Å²) in [6.07, 6.45) is 1.67. The number of para-hydroxylation sites is 2. The molecule has 2 aromatic carbocycles. The zero-order chi connectivity index (χ0) is 12.2. The first-order chi connectivity index (χ1) is 8.92. The molecular formula is C15H12N2O. The van der Waals surface area contributed by atoms with Crippen molar-refractivity contribution in [3.8, 4) is 0 Å². The van der Waals surface area contributed by atoms with Gasteiger partial charge in [-0.25, -0.2) is 0 Å². The Balaban J connectivity index is 1.76. The van der Waals surface area contributed by atoms with E-state index < -0.39 is 0 Å². The molecule has 1 heterocycles.